The zero-order chi connectivity index (χ0) is 11.4. The van der Waals surface area contributed by atoms with Gasteiger partial charge in [0.05, 0.1) is 18.1 Å². The summed E-state index contributed by atoms with van der Waals surface area (Å²) >= 11 is 0. The van der Waals surface area contributed by atoms with E-state index in [0.717, 1.165) is 6.54 Å². The number of imidazole rings is 1. The normalized spacial score (nSPS) is 12.6. The fourth-order valence-electron chi connectivity index (χ4n) is 1.78. The van der Waals surface area contributed by atoms with Gasteiger partial charge in [-0.25, -0.2) is 4.98 Å². The molecule has 0 fully saturated rings. The Bertz CT molecular complexity index is 435. The summed E-state index contributed by atoms with van der Waals surface area (Å²) in [7, 11) is 1.94. The van der Waals surface area contributed by atoms with E-state index in [0.29, 0.717) is 0 Å². The van der Waals surface area contributed by atoms with Crippen LogP contribution < -0.4 is 5.32 Å². The largest absolute Gasteiger partial charge is 0.326 e. The SMILES string of the molecule is CNCc1cncn1C(C)c1cccnc1. The lowest BCUT2D eigenvalue weighted by Gasteiger charge is -2.16. The van der Waals surface area contributed by atoms with E-state index in [4.69, 9.17) is 0 Å². The topological polar surface area (TPSA) is 42.7 Å². The molecule has 2 heterocycles. The number of nitrogens with zero attached hydrogens (tertiary/aromatic N) is 3. The molecule has 1 N–H and O–H groups in total. The van der Waals surface area contributed by atoms with Gasteiger partial charge in [0.25, 0.3) is 0 Å². The molecule has 2 aromatic rings. The van der Waals surface area contributed by atoms with Crippen LogP contribution in [0.25, 0.3) is 0 Å². The Morgan fingerprint density at radius 1 is 1.38 bits per heavy atom. The molecule has 0 aromatic carbocycles. The molecule has 0 saturated heterocycles. The van der Waals surface area contributed by atoms with Crippen molar-refractivity contribution in [2.45, 2.75) is 19.5 Å². The molecule has 2 rings (SSSR count). The van der Waals surface area contributed by atoms with Gasteiger partial charge in [-0.1, -0.05) is 6.07 Å². The Balaban J connectivity index is 2.27. The molecule has 1 atom stereocenters. The van der Waals surface area contributed by atoms with Crippen molar-refractivity contribution >= 4 is 0 Å². The highest BCUT2D eigenvalue weighted by Crippen LogP contribution is 2.18. The minimum atomic E-state index is 0.263. The van der Waals surface area contributed by atoms with Crippen molar-refractivity contribution in [3.63, 3.8) is 0 Å². The maximum Gasteiger partial charge on any atom is 0.0954 e. The number of aromatic nitrogens is 3. The van der Waals surface area contributed by atoms with E-state index in [1.54, 1.807) is 6.20 Å². The summed E-state index contributed by atoms with van der Waals surface area (Å²) in [5, 5.41) is 3.14. The van der Waals surface area contributed by atoms with Crippen LogP contribution in [0.4, 0.5) is 0 Å². The maximum atomic E-state index is 4.19. The lowest BCUT2D eigenvalue weighted by molar-refractivity contribution is 0.592. The van der Waals surface area contributed by atoms with E-state index in [1.807, 2.05) is 31.8 Å². The Hall–Kier alpha value is -1.68. The predicted molar refractivity (Wildman–Crippen MR) is 63.0 cm³/mol. The van der Waals surface area contributed by atoms with Gasteiger partial charge in [-0.2, -0.15) is 0 Å². The van der Waals surface area contributed by atoms with Crippen LogP contribution in [0.1, 0.15) is 24.2 Å². The third-order valence-corrected chi connectivity index (χ3v) is 2.69. The Kier molecular flexibility index (Phi) is 3.31. The summed E-state index contributed by atoms with van der Waals surface area (Å²) in [4.78, 5) is 8.33. The van der Waals surface area contributed by atoms with Gasteiger partial charge in [0.1, 0.15) is 0 Å². The molecule has 16 heavy (non-hydrogen) atoms. The second-order valence-corrected chi connectivity index (χ2v) is 3.78. The Morgan fingerprint density at radius 2 is 2.25 bits per heavy atom. The van der Waals surface area contributed by atoms with Crippen LogP contribution in [-0.2, 0) is 6.54 Å². The third kappa shape index (κ3) is 2.12. The lowest BCUT2D eigenvalue weighted by atomic mass is 10.1. The van der Waals surface area contributed by atoms with Crippen LogP contribution in [0.5, 0.6) is 0 Å². The van der Waals surface area contributed by atoms with E-state index < -0.39 is 0 Å². The standard InChI is InChI=1S/C12H16N4/c1-10(11-4-3-5-14-6-11)16-9-15-8-12(16)7-13-2/h3-6,8-10,13H,7H2,1-2H3. The average molecular weight is 216 g/mol. The van der Waals surface area contributed by atoms with Crippen LogP contribution in [0.2, 0.25) is 0 Å². The van der Waals surface area contributed by atoms with Gasteiger partial charge in [-0.15, -0.1) is 0 Å². The quantitative estimate of drug-likeness (QED) is 0.844. The van der Waals surface area contributed by atoms with E-state index in [-0.39, 0.29) is 6.04 Å². The molecule has 0 amide bonds. The van der Waals surface area contributed by atoms with Crippen molar-refractivity contribution in [2.24, 2.45) is 0 Å². The van der Waals surface area contributed by atoms with Gasteiger partial charge in [0.15, 0.2) is 0 Å². The highest BCUT2D eigenvalue weighted by Gasteiger charge is 2.10. The summed E-state index contributed by atoms with van der Waals surface area (Å²) in [6, 6.07) is 4.31. The summed E-state index contributed by atoms with van der Waals surface area (Å²) in [5.41, 5.74) is 2.37. The summed E-state index contributed by atoms with van der Waals surface area (Å²) in [6.45, 7) is 2.97. The molecule has 1 unspecified atom stereocenters. The zero-order valence-electron chi connectivity index (χ0n) is 9.59. The number of hydrogen-bond acceptors (Lipinski definition) is 3. The smallest absolute Gasteiger partial charge is 0.0954 e. The average Bonchev–Trinajstić information content (AvgIpc) is 2.78. The van der Waals surface area contributed by atoms with Gasteiger partial charge >= 0.3 is 0 Å². The first-order chi connectivity index (χ1) is 7.83. The monoisotopic (exact) mass is 216 g/mol. The van der Waals surface area contributed by atoms with Crippen molar-refractivity contribution in [1.82, 2.24) is 19.9 Å². The van der Waals surface area contributed by atoms with Gasteiger partial charge in [0.2, 0.25) is 0 Å². The summed E-state index contributed by atoms with van der Waals surface area (Å²) in [5.74, 6) is 0. The highest BCUT2D eigenvalue weighted by molar-refractivity contribution is 5.16. The van der Waals surface area contributed by atoms with E-state index in [9.17, 15) is 0 Å². The number of hydrogen-bond donors (Lipinski definition) is 1. The molecule has 84 valence electrons. The first kappa shape index (κ1) is 10.8. The number of pyridine rings is 1. The van der Waals surface area contributed by atoms with Crippen LogP contribution in [0.3, 0.4) is 0 Å². The van der Waals surface area contributed by atoms with Crippen LogP contribution in [0.15, 0.2) is 37.1 Å². The Labute approximate surface area is 95.4 Å². The molecule has 0 aliphatic carbocycles. The Morgan fingerprint density at radius 3 is 2.94 bits per heavy atom. The van der Waals surface area contributed by atoms with Gasteiger partial charge in [-0.05, 0) is 25.6 Å². The molecular formula is C12H16N4. The van der Waals surface area contributed by atoms with Gasteiger partial charge in [0, 0.05) is 25.1 Å². The molecule has 0 spiro atoms. The van der Waals surface area contributed by atoms with Crippen molar-refractivity contribution < 1.29 is 0 Å². The van der Waals surface area contributed by atoms with Crippen LogP contribution in [-0.4, -0.2) is 21.6 Å². The number of rotatable bonds is 4. The van der Waals surface area contributed by atoms with E-state index in [1.165, 1.54) is 11.3 Å². The molecule has 0 radical (unpaired) electrons. The molecular weight excluding hydrogens is 200 g/mol. The van der Waals surface area contributed by atoms with Crippen LogP contribution in [0, 0.1) is 0 Å². The summed E-state index contributed by atoms with van der Waals surface area (Å²) < 4.78 is 2.16. The van der Waals surface area contributed by atoms with Crippen molar-refractivity contribution in [3.05, 3.63) is 48.3 Å². The second-order valence-electron chi connectivity index (χ2n) is 3.78. The molecule has 4 heteroatoms. The van der Waals surface area contributed by atoms with E-state index in [2.05, 4.69) is 32.8 Å². The zero-order valence-corrected chi connectivity index (χ0v) is 9.59. The molecule has 0 bridgehead atoms. The van der Waals surface area contributed by atoms with Gasteiger partial charge in [-0.3, -0.25) is 4.98 Å². The molecule has 0 saturated carbocycles. The van der Waals surface area contributed by atoms with Crippen LogP contribution >= 0.6 is 0 Å². The lowest BCUT2D eigenvalue weighted by Crippen LogP contribution is -2.14. The first-order valence-corrected chi connectivity index (χ1v) is 5.38. The summed E-state index contributed by atoms with van der Waals surface area (Å²) in [6.07, 6.45) is 7.44. The fraction of sp³-hybridized carbons (Fsp3) is 0.333. The third-order valence-electron chi connectivity index (χ3n) is 2.69. The molecule has 4 nitrogen and oxygen atoms in total. The van der Waals surface area contributed by atoms with Gasteiger partial charge < -0.3 is 9.88 Å². The van der Waals surface area contributed by atoms with Crippen molar-refractivity contribution in [3.8, 4) is 0 Å². The van der Waals surface area contributed by atoms with Crippen molar-refractivity contribution in [1.29, 1.82) is 0 Å². The van der Waals surface area contributed by atoms with E-state index >= 15 is 0 Å². The maximum absolute atomic E-state index is 4.19. The minimum absolute atomic E-state index is 0.263. The second kappa shape index (κ2) is 4.90. The van der Waals surface area contributed by atoms with Crippen molar-refractivity contribution in [2.75, 3.05) is 7.05 Å². The fourth-order valence-corrected chi connectivity index (χ4v) is 1.78. The highest BCUT2D eigenvalue weighted by atomic mass is 15.1. The predicted octanol–water partition coefficient (Wildman–Crippen LogP) is 1.61. The number of nitrogens with one attached hydrogen (secondary N) is 1. The minimum Gasteiger partial charge on any atom is -0.326 e. The molecule has 0 aliphatic rings. The molecule has 2 aromatic heterocycles. The first-order valence-electron chi connectivity index (χ1n) is 5.38. The molecule has 0 aliphatic heterocycles.